The van der Waals surface area contributed by atoms with Gasteiger partial charge in [0, 0.05) is 12.6 Å². The van der Waals surface area contributed by atoms with Crippen LogP contribution < -0.4 is 10.5 Å². The number of nitrogens with two attached hydrogens (primary N) is 1. The maximum Gasteiger partial charge on any atom is 0.243 e. The quantitative estimate of drug-likeness (QED) is 0.885. The summed E-state index contributed by atoms with van der Waals surface area (Å²) in [6, 6.07) is 1.06. The fourth-order valence-electron chi connectivity index (χ4n) is 0.827. The van der Waals surface area contributed by atoms with Crippen LogP contribution in [0.15, 0.2) is 11.0 Å². The lowest BCUT2D eigenvalue weighted by Crippen LogP contribution is -2.35. The first-order valence-corrected chi connectivity index (χ1v) is 7.08. The fraction of sp³-hybridized carbons (Fsp3) is 0.429. The Hall–Kier alpha value is 0.150. The first kappa shape index (κ1) is 13.2. The van der Waals surface area contributed by atoms with Crippen molar-refractivity contribution in [2.75, 3.05) is 6.54 Å². The van der Waals surface area contributed by atoms with Gasteiger partial charge in [0.1, 0.15) is 9.23 Å². The minimum Gasteiger partial charge on any atom is -0.327 e. The van der Waals surface area contributed by atoms with Crippen molar-refractivity contribution in [1.29, 1.82) is 0 Å². The number of hydrogen-bond acceptors (Lipinski definition) is 4. The Labute approximate surface area is 102 Å². The van der Waals surface area contributed by atoms with E-state index in [2.05, 4.69) is 4.72 Å². The molecule has 86 valence electrons. The summed E-state index contributed by atoms with van der Waals surface area (Å²) in [6.45, 7) is 1.86. The largest absolute Gasteiger partial charge is 0.327 e. The Bertz CT molecular complexity index is 442. The zero-order valence-corrected chi connectivity index (χ0v) is 11.0. The molecule has 0 fully saturated rings. The maximum absolute atomic E-state index is 11.7. The highest BCUT2D eigenvalue weighted by Gasteiger charge is 2.20. The lowest BCUT2D eigenvalue weighted by Gasteiger charge is -2.07. The van der Waals surface area contributed by atoms with Crippen LogP contribution in [-0.2, 0) is 10.0 Å². The van der Waals surface area contributed by atoms with E-state index < -0.39 is 10.0 Å². The molecule has 0 aliphatic carbocycles. The van der Waals surface area contributed by atoms with Gasteiger partial charge >= 0.3 is 0 Å². The summed E-state index contributed by atoms with van der Waals surface area (Å²) in [5.74, 6) is 0. The molecule has 8 heteroatoms. The van der Waals surface area contributed by atoms with Gasteiger partial charge in [0.25, 0.3) is 0 Å². The van der Waals surface area contributed by atoms with Gasteiger partial charge in [0.2, 0.25) is 10.0 Å². The number of rotatable bonds is 4. The van der Waals surface area contributed by atoms with E-state index in [1.807, 2.05) is 0 Å². The van der Waals surface area contributed by atoms with E-state index in [1.54, 1.807) is 6.92 Å². The van der Waals surface area contributed by atoms with Crippen molar-refractivity contribution >= 4 is 44.6 Å². The number of sulfonamides is 1. The Morgan fingerprint density at radius 3 is 2.60 bits per heavy atom. The number of nitrogens with one attached hydrogen (secondary N) is 1. The van der Waals surface area contributed by atoms with Crippen LogP contribution in [0.1, 0.15) is 6.92 Å². The smallest absolute Gasteiger partial charge is 0.243 e. The van der Waals surface area contributed by atoms with Crippen LogP contribution in [0.25, 0.3) is 0 Å². The molecule has 0 saturated heterocycles. The summed E-state index contributed by atoms with van der Waals surface area (Å²) in [4.78, 5) is -0.000170. The van der Waals surface area contributed by atoms with Gasteiger partial charge in [-0.15, -0.1) is 11.3 Å². The summed E-state index contributed by atoms with van der Waals surface area (Å²) in [6.07, 6.45) is 0. The second-order valence-corrected chi connectivity index (χ2v) is 7.04. The fourth-order valence-corrected chi connectivity index (χ4v) is 4.12. The van der Waals surface area contributed by atoms with Crippen LogP contribution in [0.2, 0.25) is 8.67 Å². The molecule has 0 aliphatic rings. The summed E-state index contributed by atoms with van der Waals surface area (Å²) < 4.78 is 26.2. The molecule has 0 spiro atoms. The van der Waals surface area contributed by atoms with Crippen molar-refractivity contribution in [3.8, 4) is 0 Å². The molecule has 0 aliphatic heterocycles. The summed E-state index contributed by atoms with van der Waals surface area (Å²) in [5, 5.41) is 0. The lowest BCUT2D eigenvalue weighted by atomic mass is 10.4. The molecule has 15 heavy (non-hydrogen) atoms. The van der Waals surface area contributed by atoms with Crippen molar-refractivity contribution < 1.29 is 8.42 Å². The Morgan fingerprint density at radius 1 is 1.60 bits per heavy atom. The summed E-state index contributed by atoms with van der Waals surface area (Å²) in [7, 11) is -3.60. The van der Waals surface area contributed by atoms with Gasteiger partial charge in [-0.1, -0.05) is 23.2 Å². The highest BCUT2D eigenvalue weighted by molar-refractivity contribution is 7.89. The molecule has 1 heterocycles. The monoisotopic (exact) mass is 288 g/mol. The third-order valence-electron chi connectivity index (χ3n) is 1.51. The predicted octanol–water partition coefficient (Wildman–Crippen LogP) is 1.68. The molecule has 4 nitrogen and oxygen atoms in total. The van der Waals surface area contributed by atoms with Crippen LogP contribution >= 0.6 is 34.5 Å². The minimum absolute atomic E-state index is 0.000170. The van der Waals surface area contributed by atoms with Gasteiger partial charge in [0.15, 0.2) is 0 Å². The third kappa shape index (κ3) is 3.58. The van der Waals surface area contributed by atoms with Crippen LogP contribution in [0.5, 0.6) is 0 Å². The van der Waals surface area contributed by atoms with Gasteiger partial charge in [0.05, 0.1) is 4.34 Å². The average Bonchev–Trinajstić information content (AvgIpc) is 2.43. The molecule has 3 N–H and O–H groups in total. The second kappa shape index (κ2) is 4.99. The van der Waals surface area contributed by atoms with Crippen LogP contribution in [0, 0.1) is 0 Å². The highest BCUT2D eigenvalue weighted by atomic mass is 35.5. The van der Waals surface area contributed by atoms with E-state index >= 15 is 0 Å². The van der Waals surface area contributed by atoms with Gasteiger partial charge < -0.3 is 5.73 Å². The standard InChI is InChI=1S/C7H10Cl2N2O2S2/c1-4(10)3-11-15(12,13)5-2-6(8)14-7(5)9/h2,4,11H,3,10H2,1H3. The minimum atomic E-state index is -3.60. The van der Waals surface area contributed by atoms with Crippen molar-refractivity contribution in [1.82, 2.24) is 4.72 Å². The Morgan fingerprint density at radius 2 is 2.20 bits per heavy atom. The van der Waals surface area contributed by atoms with E-state index in [1.165, 1.54) is 6.07 Å². The van der Waals surface area contributed by atoms with Gasteiger partial charge in [-0.3, -0.25) is 0 Å². The average molecular weight is 289 g/mol. The SMILES string of the molecule is CC(N)CNS(=O)(=O)c1cc(Cl)sc1Cl. The highest BCUT2D eigenvalue weighted by Crippen LogP contribution is 2.33. The first-order chi connectivity index (χ1) is 6.83. The Balaban J connectivity index is 2.91. The molecule has 1 atom stereocenters. The lowest BCUT2D eigenvalue weighted by molar-refractivity contribution is 0.574. The van der Waals surface area contributed by atoms with Crippen LogP contribution in [0.4, 0.5) is 0 Å². The first-order valence-electron chi connectivity index (χ1n) is 4.03. The van der Waals surface area contributed by atoms with Crippen LogP contribution in [-0.4, -0.2) is 21.0 Å². The number of halogens is 2. The zero-order valence-electron chi connectivity index (χ0n) is 7.83. The third-order valence-corrected chi connectivity index (χ3v) is 4.69. The van der Waals surface area contributed by atoms with Crippen molar-refractivity contribution in [2.24, 2.45) is 5.73 Å². The molecule has 0 amide bonds. The van der Waals surface area contributed by atoms with Gasteiger partial charge in [-0.05, 0) is 13.0 Å². The molecule has 1 rings (SSSR count). The van der Waals surface area contributed by atoms with E-state index in [-0.39, 0.29) is 21.8 Å². The summed E-state index contributed by atoms with van der Waals surface area (Å²) in [5.41, 5.74) is 5.44. The topological polar surface area (TPSA) is 72.2 Å². The van der Waals surface area contributed by atoms with E-state index in [0.29, 0.717) is 4.34 Å². The van der Waals surface area contributed by atoms with E-state index in [4.69, 9.17) is 28.9 Å². The van der Waals surface area contributed by atoms with Crippen molar-refractivity contribution in [3.63, 3.8) is 0 Å². The molecule has 1 aromatic heterocycles. The molecule has 0 saturated carbocycles. The van der Waals surface area contributed by atoms with Gasteiger partial charge in [-0.25, -0.2) is 13.1 Å². The Kier molecular flexibility index (Phi) is 4.39. The second-order valence-electron chi connectivity index (χ2n) is 3.02. The number of thiophene rings is 1. The van der Waals surface area contributed by atoms with Crippen molar-refractivity contribution in [3.05, 3.63) is 14.7 Å². The molecular formula is C7H10Cl2N2O2S2. The van der Waals surface area contributed by atoms with Crippen LogP contribution in [0.3, 0.4) is 0 Å². The normalized spacial score (nSPS) is 14.1. The van der Waals surface area contributed by atoms with Crippen molar-refractivity contribution in [2.45, 2.75) is 17.9 Å². The zero-order chi connectivity index (χ0) is 11.6. The molecule has 0 bridgehead atoms. The summed E-state index contributed by atoms with van der Waals surface area (Å²) >= 11 is 12.4. The molecule has 0 radical (unpaired) electrons. The predicted molar refractivity (Wildman–Crippen MR) is 63.2 cm³/mol. The maximum atomic E-state index is 11.7. The molecule has 1 unspecified atom stereocenters. The van der Waals surface area contributed by atoms with E-state index in [9.17, 15) is 8.42 Å². The van der Waals surface area contributed by atoms with Gasteiger partial charge in [-0.2, -0.15) is 0 Å². The number of hydrogen-bond donors (Lipinski definition) is 2. The van der Waals surface area contributed by atoms with E-state index in [0.717, 1.165) is 11.3 Å². The molecule has 1 aromatic rings. The molecular weight excluding hydrogens is 279 g/mol. The molecule has 0 aromatic carbocycles.